The first-order chi connectivity index (χ1) is 32.1. The van der Waals surface area contributed by atoms with Crippen LogP contribution in [0.3, 0.4) is 0 Å². The minimum atomic E-state index is -3.37. The second-order valence-electron chi connectivity index (χ2n) is 18.0. The molecule has 0 bridgehead atoms. The maximum absolute atomic E-state index is 11.8. The summed E-state index contributed by atoms with van der Waals surface area (Å²) >= 11 is 0. The number of rotatable bonds is 6. The van der Waals surface area contributed by atoms with Crippen LogP contribution in [-0.2, 0) is 37.3 Å². The van der Waals surface area contributed by atoms with Gasteiger partial charge >= 0.3 is 0 Å². The molecule has 0 saturated heterocycles. The number of aromatic nitrogens is 3. The molecule has 5 heteroatoms. The van der Waals surface area contributed by atoms with Crippen molar-refractivity contribution in [3.63, 3.8) is 0 Å². The Labute approximate surface area is 389 Å². The fourth-order valence-corrected chi connectivity index (χ4v) is 7.97. The molecular formula is C56H56N3OPt-. The fourth-order valence-electron chi connectivity index (χ4n) is 7.97. The minimum absolute atomic E-state index is 0. The molecule has 312 valence electrons. The monoisotopic (exact) mass is 990 g/mol. The molecule has 0 radical (unpaired) electrons. The molecule has 0 aliphatic carbocycles. The number of para-hydroxylation sites is 1. The average Bonchev–Trinajstić information content (AvgIpc) is 3.65. The van der Waals surface area contributed by atoms with E-state index < -0.39 is 26.0 Å². The maximum Gasteiger partial charge on any atom is 0.148 e. The van der Waals surface area contributed by atoms with Crippen LogP contribution in [0.15, 0.2) is 134 Å². The summed E-state index contributed by atoms with van der Waals surface area (Å²) in [7, 11) is 0. The summed E-state index contributed by atoms with van der Waals surface area (Å²) in [6, 6.07) is 44.2. The standard InChI is InChI=1S/C56H56N3O.Pt/c1-35-28-36(2)52(60)46(29-35)53-58-51-45(18-15-19-50(51)59(53)49-25-22-39(33-47(49)56(9,10)11)37-16-13-12-14-17-37)41-30-42(32-44(31-41)55(6,7)8)48-34-40(26-27-57-48)38-20-23-43(24-21-38)54(3,4)5;/h12-29,31-34,60H,1-11H3;/q-1;/i3D3,4D3,5D3;. The van der Waals surface area contributed by atoms with E-state index in [2.05, 4.69) is 101 Å². The van der Waals surface area contributed by atoms with E-state index in [1.54, 1.807) is 24.4 Å². The smallest absolute Gasteiger partial charge is 0.148 e. The molecule has 0 unspecified atom stereocenters. The van der Waals surface area contributed by atoms with Crippen molar-refractivity contribution >= 4 is 11.0 Å². The first-order valence-electron chi connectivity index (χ1n) is 24.8. The van der Waals surface area contributed by atoms with Crippen molar-refractivity contribution in [3.8, 4) is 67.5 Å². The van der Waals surface area contributed by atoms with Crippen LogP contribution < -0.4 is 0 Å². The molecule has 0 atom stereocenters. The van der Waals surface area contributed by atoms with Crippen LogP contribution in [0.4, 0.5) is 0 Å². The number of benzene rings is 6. The SMILES string of the molecule is [2H]C([2H])([2H])C(c1ccc(-c2ccnc(-c3[c-]c(-c4cccc5c4nc(-c4cc(C)cc(C)c4O)n5-c4ccc(-c5ccccc5)cc4C(C)(C)C)cc(C(C)(C)C)c3)c2)cc1)(C([2H])([2H])[2H])C([2H])([2H])[2H].[Pt]. The topological polar surface area (TPSA) is 50.9 Å². The Morgan fingerprint density at radius 2 is 1.28 bits per heavy atom. The van der Waals surface area contributed by atoms with Gasteiger partial charge in [-0.15, -0.1) is 29.3 Å². The van der Waals surface area contributed by atoms with Crippen molar-refractivity contribution in [1.82, 2.24) is 14.5 Å². The first kappa shape index (κ1) is 33.1. The quantitative estimate of drug-likeness (QED) is 0.169. The molecule has 2 heterocycles. The zero-order chi connectivity index (χ0) is 50.2. The Kier molecular flexibility index (Phi) is 8.88. The number of nitrogens with zero attached hydrogens (tertiary/aromatic N) is 3. The molecule has 1 N–H and O–H groups in total. The van der Waals surface area contributed by atoms with Crippen molar-refractivity contribution in [2.24, 2.45) is 0 Å². The largest absolute Gasteiger partial charge is 0.507 e. The van der Waals surface area contributed by atoms with Gasteiger partial charge in [0, 0.05) is 45.3 Å². The Hall–Kier alpha value is -5.57. The van der Waals surface area contributed by atoms with Crippen LogP contribution in [0.5, 0.6) is 5.75 Å². The van der Waals surface area contributed by atoms with E-state index in [4.69, 9.17) is 22.3 Å². The van der Waals surface area contributed by atoms with Crippen molar-refractivity contribution in [3.05, 3.63) is 167 Å². The molecule has 8 aromatic rings. The number of phenolic OH excluding ortho intramolecular Hbond substituents is 1. The van der Waals surface area contributed by atoms with Gasteiger partial charge in [-0.05, 0) is 105 Å². The molecule has 0 fully saturated rings. The molecule has 8 rings (SSSR count). The van der Waals surface area contributed by atoms with Gasteiger partial charge in [0.2, 0.25) is 0 Å². The van der Waals surface area contributed by atoms with Gasteiger partial charge in [-0.1, -0.05) is 158 Å². The molecule has 4 nitrogen and oxygen atoms in total. The van der Waals surface area contributed by atoms with Crippen LogP contribution in [0.1, 0.15) is 102 Å². The van der Waals surface area contributed by atoms with Crippen molar-refractivity contribution in [1.29, 1.82) is 0 Å². The predicted molar refractivity (Wildman–Crippen MR) is 252 cm³/mol. The van der Waals surface area contributed by atoms with Crippen LogP contribution in [-0.4, -0.2) is 19.6 Å². The second-order valence-corrected chi connectivity index (χ2v) is 18.0. The van der Waals surface area contributed by atoms with Gasteiger partial charge in [-0.3, -0.25) is 9.55 Å². The molecule has 0 amide bonds. The fraction of sp³-hybridized carbons (Fsp3) is 0.250. The van der Waals surface area contributed by atoms with E-state index in [9.17, 15) is 5.11 Å². The van der Waals surface area contributed by atoms with E-state index in [1.165, 1.54) is 12.1 Å². The molecular weight excluding hydrogens is 926 g/mol. The van der Waals surface area contributed by atoms with E-state index in [1.807, 2.05) is 62.4 Å². The van der Waals surface area contributed by atoms with Crippen molar-refractivity contribution in [2.75, 3.05) is 0 Å². The normalized spacial score (nSPS) is 14.9. The number of pyridine rings is 1. The zero-order valence-electron chi connectivity index (χ0n) is 44.8. The zero-order valence-corrected chi connectivity index (χ0v) is 38.1. The molecule has 0 saturated carbocycles. The summed E-state index contributed by atoms with van der Waals surface area (Å²) in [4.78, 5) is 10.3. The number of aryl methyl sites for hydroxylation is 2. The maximum atomic E-state index is 11.8. The summed E-state index contributed by atoms with van der Waals surface area (Å²) in [5, 5.41) is 11.8. The van der Waals surface area contributed by atoms with Gasteiger partial charge in [0.05, 0.1) is 22.3 Å². The molecule has 6 aromatic carbocycles. The van der Waals surface area contributed by atoms with Gasteiger partial charge in [-0.2, -0.15) is 0 Å². The summed E-state index contributed by atoms with van der Waals surface area (Å²) in [5.74, 6) is 0.758. The van der Waals surface area contributed by atoms with E-state index in [-0.39, 0.29) is 43.2 Å². The number of hydrogen-bond donors (Lipinski definition) is 1. The van der Waals surface area contributed by atoms with Crippen molar-refractivity contribution in [2.45, 2.75) is 92.2 Å². The van der Waals surface area contributed by atoms with Gasteiger partial charge in [0.1, 0.15) is 11.6 Å². The number of aromatic hydroxyl groups is 1. The van der Waals surface area contributed by atoms with Crippen molar-refractivity contribution < 1.29 is 38.5 Å². The summed E-state index contributed by atoms with van der Waals surface area (Å²) in [6.07, 6.45) is 1.66. The Bertz CT molecular complexity index is 3200. The number of phenols is 1. The Balaban J connectivity index is 0.00000722. The third kappa shape index (κ3) is 8.66. The molecule has 0 aliphatic heterocycles. The molecule has 61 heavy (non-hydrogen) atoms. The number of hydrogen-bond acceptors (Lipinski definition) is 3. The Morgan fingerprint density at radius 3 is 1.97 bits per heavy atom. The second kappa shape index (κ2) is 16.4. The van der Waals surface area contributed by atoms with Crippen LogP contribution >= 0.6 is 0 Å². The average molecular weight is 991 g/mol. The van der Waals surface area contributed by atoms with Crippen LogP contribution in [0.25, 0.3) is 72.7 Å². The van der Waals surface area contributed by atoms with Gasteiger partial charge in [0.15, 0.2) is 0 Å². The van der Waals surface area contributed by atoms with Gasteiger partial charge in [0.25, 0.3) is 0 Å². The van der Waals surface area contributed by atoms with Crippen LogP contribution in [0.2, 0.25) is 0 Å². The number of imidazole rings is 1. The van der Waals surface area contributed by atoms with E-state index in [0.29, 0.717) is 33.8 Å². The molecule has 0 aliphatic rings. The van der Waals surface area contributed by atoms with E-state index >= 15 is 0 Å². The Morgan fingerprint density at radius 1 is 0.607 bits per heavy atom. The summed E-state index contributed by atoms with van der Waals surface area (Å²) < 4.78 is 75.8. The van der Waals surface area contributed by atoms with Crippen LogP contribution in [0, 0.1) is 19.9 Å². The summed E-state index contributed by atoms with van der Waals surface area (Å²) in [5.41, 5.74) is 9.39. The van der Waals surface area contributed by atoms with Gasteiger partial charge < -0.3 is 5.11 Å². The van der Waals surface area contributed by atoms with E-state index in [0.717, 1.165) is 61.2 Å². The first-order valence-corrected chi connectivity index (χ1v) is 20.3. The van der Waals surface area contributed by atoms with Gasteiger partial charge in [-0.25, -0.2) is 4.98 Å². The molecule has 2 aromatic heterocycles. The summed E-state index contributed by atoms with van der Waals surface area (Å²) in [6.45, 7) is 6.86. The molecule has 0 spiro atoms. The number of fused-ring (bicyclic) bond motifs is 1. The third-order valence-corrected chi connectivity index (χ3v) is 11.2. The minimum Gasteiger partial charge on any atom is -0.507 e. The predicted octanol–water partition coefficient (Wildman–Crippen LogP) is 14.8. The third-order valence-electron chi connectivity index (χ3n) is 11.2.